The summed E-state index contributed by atoms with van der Waals surface area (Å²) < 4.78 is 5.80. The molecule has 0 spiro atoms. The molecule has 0 aromatic heterocycles. The fraction of sp³-hybridized carbons (Fsp3) is 0.673. The number of hydrogen-bond acceptors (Lipinski definition) is 5. The molecule has 0 heterocycles. The lowest BCUT2D eigenvalue weighted by molar-refractivity contribution is -0.148. The normalized spacial score (nSPS) is 14.1. The number of esters is 1. The molecule has 6 heteroatoms. The molecule has 0 fully saturated rings. The molecule has 0 aromatic carbocycles. The number of rotatable bonds is 43. The fourth-order valence-corrected chi connectivity index (χ4v) is 7.01. The molecule has 61 heavy (non-hydrogen) atoms. The molecule has 3 unspecified atom stereocenters. The maximum atomic E-state index is 13.1. The van der Waals surface area contributed by atoms with Gasteiger partial charge in [-0.2, -0.15) is 0 Å². The predicted molar refractivity (Wildman–Crippen MR) is 264 cm³/mol. The quantitative estimate of drug-likeness (QED) is 0.0246. The zero-order chi connectivity index (χ0) is 44.5. The van der Waals surface area contributed by atoms with Gasteiger partial charge in [-0.3, -0.25) is 9.59 Å². The molecule has 348 valence electrons. The number of ether oxygens (including phenoxy) is 1. The number of allylic oxidation sites excluding steroid dienone is 15. The molecule has 6 nitrogen and oxygen atoms in total. The van der Waals surface area contributed by atoms with Crippen LogP contribution in [-0.4, -0.2) is 46.9 Å². The smallest absolute Gasteiger partial charge is 0.306 e. The van der Waals surface area contributed by atoms with E-state index in [1.165, 1.54) is 109 Å². The van der Waals surface area contributed by atoms with E-state index in [1.54, 1.807) is 6.08 Å². The third-order valence-electron chi connectivity index (χ3n) is 10.8. The summed E-state index contributed by atoms with van der Waals surface area (Å²) in [6.07, 6.45) is 63.5. The van der Waals surface area contributed by atoms with Crippen LogP contribution in [0.25, 0.3) is 0 Å². The zero-order valence-electron chi connectivity index (χ0n) is 39.5. The third-order valence-corrected chi connectivity index (χ3v) is 10.8. The van der Waals surface area contributed by atoms with Crippen LogP contribution in [0.2, 0.25) is 0 Å². The third kappa shape index (κ3) is 43.2. The molecule has 1 amide bonds. The van der Waals surface area contributed by atoms with Crippen molar-refractivity contribution in [2.75, 3.05) is 6.61 Å². The highest BCUT2D eigenvalue weighted by molar-refractivity contribution is 5.78. The average molecular weight is 848 g/mol. The lowest BCUT2D eigenvalue weighted by Crippen LogP contribution is -2.46. The highest BCUT2D eigenvalue weighted by Gasteiger charge is 2.23. The first-order chi connectivity index (χ1) is 30.0. The summed E-state index contributed by atoms with van der Waals surface area (Å²) >= 11 is 0. The summed E-state index contributed by atoms with van der Waals surface area (Å²) in [6.45, 7) is 6.28. The number of hydrogen-bond donors (Lipinski definition) is 3. The van der Waals surface area contributed by atoms with Gasteiger partial charge in [0.25, 0.3) is 0 Å². The van der Waals surface area contributed by atoms with Crippen LogP contribution < -0.4 is 5.32 Å². The van der Waals surface area contributed by atoms with E-state index in [0.29, 0.717) is 19.3 Å². The van der Waals surface area contributed by atoms with Gasteiger partial charge in [-0.1, -0.05) is 240 Å². The van der Waals surface area contributed by atoms with Crippen molar-refractivity contribution >= 4 is 11.9 Å². The number of aliphatic hydroxyl groups excluding tert-OH is 2. The summed E-state index contributed by atoms with van der Waals surface area (Å²) in [7, 11) is 0. The van der Waals surface area contributed by atoms with Crippen molar-refractivity contribution in [3.05, 3.63) is 97.2 Å². The first-order valence-corrected chi connectivity index (χ1v) is 25.1. The Morgan fingerprint density at radius 1 is 0.525 bits per heavy atom. The van der Waals surface area contributed by atoms with E-state index in [-0.39, 0.29) is 24.9 Å². The Labute approximate surface area is 376 Å². The molecule has 0 bridgehead atoms. The molecule has 3 atom stereocenters. The Balaban J connectivity index is 4.72. The van der Waals surface area contributed by atoms with Gasteiger partial charge in [0, 0.05) is 6.42 Å². The summed E-state index contributed by atoms with van der Waals surface area (Å²) in [5, 5.41) is 23.7. The maximum Gasteiger partial charge on any atom is 0.306 e. The highest BCUT2D eigenvalue weighted by Crippen LogP contribution is 2.15. The summed E-state index contributed by atoms with van der Waals surface area (Å²) in [6, 6.07) is -0.747. The van der Waals surface area contributed by atoms with Crippen LogP contribution in [0.1, 0.15) is 213 Å². The van der Waals surface area contributed by atoms with Gasteiger partial charge in [0.2, 0.25) is 5.91 Å². The lowest BCUT2D eigenvalue weighted by Gasteiger charge is -2.23. The molecule has 0 saturated carbocycles. The Morgan fingerprint density at radius 2 is 0.984 bits per heavy atom. The zero-order valence-corrected chi connectivity index (χ0v) is 39.5. The van der Waals surface area contributed by atoms with E-state index in [2.05, 4.69) is 50.4 Å². The van der Waals surface area contributed by atoms with E-state index < -0.39 is 18.2 Å². The van der Waals surface area contributed by atoms with Crippen LogP contribution in [-0.2, 0) is 14.3 Å². The largest absolute Gasteiger partial charge is 0.458 e. The minimum Gasteiger partial charge on any atom is -0.458 e. The SMILES string of the molecule is CC\C=C/C=C/C=C/C=C\C=C\C=C\CCCCCC(=O)OC(/C=C/C/C=C\CCCCCCCC)CC(=O)NC(CO)C(O)CCCCCCCCCCCCCCCC. The lowest BCUT2D eigenvalue weighted by atomic mass is 10.0. The van der Waals surface area contributed by atoms with Gasteiger partial charge in [-0.15, -0.1) is 0 Å². The van der Waals surface area contributed by atoms with Crippen molar-refractivity contribution in [2.45, 2.75) is 232 Å². The monoisotopic (exact) mass is 848 g/mol. The van der Waals surface area contributed by atoms with Crippen molar-refractivity contribution in [1.29, 1.82) is 0 Å². The van der Waals surface area contributed by atoms with Gasteiger partial charge in [0.05, 0.1) is 25.2 Å². The Kier molecular flexibility index (Phi) is 45.3. The number of nitrogens with one attached hydrogen (secondary N) is 1. The molecule has 3 N–H and O–H groups in total. The van der Waals surface area contributed by atoms with Gasteiger partial charge in [-0.05, 0) is 57.4 Å². The minimum atomic E-state index is -0.824. The number of unbranched alkanes of at least 4 members (excludes halogenated alkanes) is 22. The Hall–Kier alpha value is -3.22. The first kappa shape index (κ1) is 57.8. The van der Waals surface area contributed by atoms with Crippen molar-refractivity contribution < 1.29 is 24.5 Å². The number of amides is 1. The molecule has 0 aliphatic rings. The van der Waals surface area contributed by atoms with Crippen LogP contribution >= 0.6 is 0 Å². The summed E-state index contributed by atoms with van der Waals surface area (Å²) in [5.74, 6) is -0.662. The predicted octanol–water partition coefficient (Wildman–Crippen LogP) is 14.9. The van der Waals surface area contributed by atoms with E-state index in [9.17, 15) is 19.8 Å². The van der Waals surface area contributed by atoms with Crippen molar-refractivity contribution in [1.82, 2.24) is 5.32 Å². The van der Waals surface area contributed by atoms with Gasteiger partial charge in [-0.25, -0.2) is 0 Å². The molecular weight excluding hydrogens is 755 g/mol. The molecule has 0 radical (unpaired) electrons. The standard InChI is InChI=1S/C55H93NO5/c1-4-7-10-13-16-19-22-24-26-27-28-30-33-36-39-42-45-48-55(60)61-51(46-43-40-37-34-31-21-18-15-12-9-6-3)49-54(59)56-52(50-57)53(58)47-44-41-38-35-32-29-25-23-20-17-14-11-8-5-2/h7,10,13,16,19,22,24,26-28,30,33-34,37,43,46,51-53,57-58H,4-6,8-9,11-12,14-15,17-18,20-21,23,25,29,31-32,35-36,38-42,44-45,47-50H2,1-3H3,(H,56,59)/b10-7-,16-13+,22-19+,26-24-,28-27+,33-30+,37-34-,46-43+. The van der Waals surface area contributed by atoms with Gasteiger partial charge >= 0.3 is 5.97 Å². The number of carbonyl (C=O) groups is 2. The summed E-state index contributed by atoms with van der Waals surface area (Å²) in [5.41, 5.74) is 0. The maximum absolute atomic E-state index is 13.1. The van der Waals surface area contributed by atoms with Gasteiger partial charge < -0.3 is 20.3 Å². The van der Waals surface area contributed by atoms with Crippen molar-refractivity contribution in [3.8, 4) is 0 Å². The first-order valence-electron chi connectivity index (χ1n) is 25.1. The van der Waals surface area contributed by atoms with Crippen molar-refractivity contribution in [3.63, 3.8) is 0 Å². The Bertz CT molecular complexity index is 1220. The van der Waals surface area contributed by atoms with E-state index in [4.69, 9.17) is 4.74 Å². The second kappa shape index (κ2) is 47.8. The molecule has 0 aliphatic carbocycles. The van der Waals surface area contributed by atoms with Crippen molar-refractivity contribution in [2.24, 2.45) is 0 Å². The molecule has 0 rings (SSSR count). The van der Waals surface area contributed by atoms with E-state index >= 15 is 0 Å². The minimum absolute atomic E-state index is 0.0523. The number of carbonyl (C=O) groups excluding carboxylic acids is 2. The molecule has 0 saturated heterocycles. The molecule has 0 aliphatic heterocycles. The second-order valence-corrected chi connectivity index (χ2v) is 16.6. The molecule has 0 aromatic rings. The Morgan fingerprint density at radius 3 is 1.51 bits per heavy atom. The van der Waals surface area contributed by atoms with Gasteiger partial charge in [0.1, 0.15) is 6.10 Å². The second-order valence-electron chi connectivity index (χ2n) is 16.6. The van der Waals surface area contributed by atoms with Crippen LogP contribution in [0.15, 0.2) is 97.2 Å². The highest BCUT2D eigenvalue weighted by atomic mass is 16.5. The van der Waals surface area contributed by atoms with Crippen LogP contribution in [0, 0.1) is 0 Å². The van der Waals surface area contributed by atoms with Crippen LogP contribution in [0.3, 0.4) is 0 Å². The van der Waals surface area contributed by atoms with E-state index in [1.807, 2.05) is 66.8 Å². The number of aliphatic hydroxyl groups is 2. The summed E-state index contributed by atoms with van der Waals surface area (Å²) in [4.78, 5) is 26.0. The van der Waals surface area contributed by atoms with E-state index in [0.717, 1.165) is 57.8 Å². The average Bonchev–Trinajstić information content (AvgIpc) is 3.25. The van der Waals surface area contributed by atoms with Crippen LogP contribution in [0.5, 0.6) is 0 Å². The van der Waals surface area contributed by atoms with Crippen LogP contribution in [0.4, 0.5) is 0 Å². The topological polar surface area (TPSA) is 95.9 Å². The molecular formula is C55H93NO5. The van der Waals surface area contributed by atoms with Gasteiger partial charge in [0.15, 0.2) is 0 Å². The fourth-order valence-electron chi connectivity index (χ4n) is 7.01.